The van der Waals surface area contributed by atoms with Crippen LogP contribution < -0.4 is 25.4 Å². The molecule has 3 rings (SSSR count). The number of methoxy groups -OCH3 is 1. The second kappa shape index (κ2) is 8.78. The first-order valence-electron chi connectivity index (χ1n) is 8.53. The van der Waals surface area contributed by atoms with Gasteiger partial charge in [0.1, 0.15) is 12.4 Å². The van der Waals surface area contributed by atoms with E-state index < -0.39 is 0 Å². The Balaban J connectivity index is 1.91. The first kappa shape index (κ1) is 18.4. The van der Waals surface area contributed by atoms with Crippen molar-refractivity contribution in [2.24, 2.45) is 0 Å². The molecule has 0 fully saturated rings. The number of anilines is 1. The maximum absolute atomic E-state index is 6.23. The summed E-state index contributed by atoms with van der Waals surface area (Å²) in [5, 5.41) is 10.6. The first-order chi connectivity index (χ1) is 12.7. The van der Waals surface area contributed by atoms with Gasteiger partial charge in [0.15, 0.2) is 5.75 Å². The molecule has 0 saturated carbocycles. The zero-order valence-electron chi connectivity index (χ0n) is 14.9. The normalized spacial score (nSPS) is 13.5. The summed E-state index contributed by atoms with van der Waals surface area (Å²) in [6.07, 6.45) is 4.38. The van der Waals surface area contributed by atoms with E-state index in [2.05, 4.69) is 20.9 Å². The fourth-order valence-corrected chi connectivity index (χ4v) is 3.12. The molecule has 0 amide bonds. The summed E-state index contributed by atoms with van der Waals surface area (Å²) in [7, 11) is 3.51. The lowest BCUT2D eigenvalue weighted by Gasteiger charge is -2.16. The minimum Gasteiger partial charge on any atom is -0.493 e. The topological polar surface area (TPSA) is 67.4 Å². The SMILES string of the molecule is CNCCOc1cnccc1C1=C(Nc2cccc(Cl)c2OC)CCN1. The Morgan fingerprint density at radius 2 is 2.19 bits per heavy atom. The lowest BCUT2D eigenvalue weighted by molar-refractivity contribution is 0.316. The van der Waals surface area contributed by atoms with Crippen molar-refractivity contribution in [1.29, 1.82) is 0 Å². The smallest absolute Gasteiger partial charge is 0.160 e. The molecule has 1 aromatic heterocycles. The number of rotatable bonds is 8. The molecule has 0 saturated heterocycles. The van der Waals surface area contributed by atoms with Crippen LogP contribution in [0.3, 0.4) is 0 Å². The van der Waals surface area contributed by atoms with E-state index in [9.17, 15) is 0 Å². The van der Waals surface area contributed by atoms with Gasteiger partial charge in [-0.05, 0) is 25.2 Å². The van der Waals surface area contributed by atoms with E-state index in [0.717, 1.165) is 47.9 Å². The Hall–Kier alpha value is -2.44. The minimum absolute atomic E-state index is 0.575. The molecule has 1 aliphatic heterocycles. The van der Waals surface area contributed by atoms with Crippen molar-refractivity contribution in [3.05, 3.63) is 52.9 Å². The second-order valence-electron chi connectivity index (χ2n) is 5.80. The Morgan fingerprint density at radius 3 is 3.00 bits per heavy atom. The third-order valence-corrected chi connectivity index (χ3v) is 4.40. The number of halogens is 1. The number of hydrogen-bond acceptors (Lipinski definition) is 6. The third kappa shape index (κ3) is 4.03. The first-order valence-corrected chi connectivity index (χ1v) is 8.90. The van der Waals surface area contributed by atoms with Gasteiger partial charge in [-0.1, -0.05) is 17.7 Å². The van der Waals surface area contributed by atoms with E-state index in [1.807, 2.05) is 31.3 Å². The number of aromatic nitrogens is 1. The molecular weight excluding hydrogens is 352 g/mol. The van der Waals surface area contributed by atoms with Crippen molar-refractivity contribution >= 4 is 23.0 Å². The second-order valence-corrected chi connectivity index (χ2v) is 6.21. The average Bonchev–Trinajstić information content (AvgIpc) is 3.10. The molecule has 3 N–H and O–H groups in total. The molecule has 2 aromatic rings. The molecule has 2 heterocycles. The van der Waals surface area contributed by atoms with Crippen LogP contribution >= 0.6 is 11.6 Å². The molecule has 1 aliphatic rings. The zero-order valence-corrected chi connectivity index (χ0v) is 15.7. The van der Waals surface area contributed by atoms with E-state index in [-0.39, 0.29) is 0 Å². The highest BCUT2D eigenvalue weighted by atomic mass is 35.5. The predicted octanol–water partition coefficient (Wildman–Crippen LogP) is 3.12. The van der Waals surface area contributed by atoms with Crippen molar-refractivity contribution in [3.63, 3.8) is 0 Å². The van der Waals surface area contributed by atoms with Crippen molar-refractivity contribution in [2.45, 2.75) is 6.42 Å². The fourth-order valence-electron chi connectivity index (χ4n) is 2.87. The van der Waals surface area contributed by atoms with Crippen LogP contribution in [-0.2, 0) is 0 Å². The number of hydrogen-bond donors (Lipinski definition) is 3. The Bertz CT molecular complexity index is 795. The van der Waals surface area contributed by atoms with Crippen LogP contribution in [-0.4, -0.2) is 38.8 Å². The lowest BCUT2D eigenvalue weighted by atomic mass is 10.1. The van der Waals surface area contributed by atoms with Gasteiger partial charge >= 0.3 is 0 Å². The lowest BCUT2D eigenvalue weighted by Crippen LogP contribution is -2.17. The molecule has 7 heteroatoms. The molecule has 138 valence electrons. The monoisotopic (exact) mass is 374 g/mol. The highest BCUT2D eigenvalue weighted by Crippen LogP contribution is 2.36. The standard InChI is InChI=1S/C19H23ClN4O2/c1-21-10-11-26-17-12-22-8-6-13(17)18-15(7-9-23-18)24-16-5-3-4-14(20)19(16)25-2/h3-6,8,12,21,23-24H,7,9-11H2,1-2H3. The molecule has 0 aliphatic carbocycles. The number of nitrogens with one attached hydrogen (secondary N) is 3. The van der Waals surface area contributed by atoms with E-state index in [0.29, 0.717) is 17.4 Å². The van der Waals surface area contributed by atoms with Gasteiger partial charge in [-0.25, -0.2) is 0 Å². The predicted molar refractivity (Wildman–Crippen MR) is 105 cm³/mol. The van der Waals surface area contributed by atoms with Gasteiger partial charge in [0.2, 0.25) is 0 Å². The quantitative estimate of drug-likeness (QED) is 0.617. The largest absolute Gasteiger partial charge is 0.493 e. The summed E-state index contributed by atoms with van der Waals surface area (Å²) in [5.41, 5.74) is 3.89. The number of likely N-dealkylation sites (N-methyl/N-ethyl adjacent to an activating group) is 1. The van der Waals surface area contributed by atoms with Gasteiger partial charge < -0.3 is 25.4 Å². The molecule has 0 bridgehead atoms. The highest BCUT2D eigenvalue weighted by molar-refractivity contribution is 6.32. The Labute approximate surface area is 158 Å². The molecule has 0 spiro atoms. The molecule has 0 atom stereocenters. The van der Waals surface area contributed by atoms with Gasteiger partial charge in [0.25, 0.3) is 0 Å². The summed E-state index contributed by atoms with van der Waals surface area (Å²) in [5.74, 6) is 1.39. The van der Waals surface area contributed by atoms with Crippen LogP contribution in [0, 0.1) is 0 Å². The van der Waals surface area contributed by atoms with Crippen molar-refractivity contribution < 1.29 is 9.47 Å². The van der Waals surface area contributed by atoms with Gasteiger partial charge in [-0.3, -0.25) is 4.98 Å². The molecule has 0 radical (unpaired) electrons. The van der Waals surface area contributed by atoms with Crippen LogP contribution in [0.1, 0.15) is 12.0 Å². The average molecular weight is 375 g/mol. The molecule has 26 heavy (non-hydrogen) atoms. The van der Waals surface area contributed by atoms with E-state index in [1.54, 1.807) is 19.5 Å². The molecular formula is C19H23ClN4O2. The fraction of sp³-hybridized carbons (Fsp3) is 0.316. The molecule has 0 unspecified atom stereocenters. The summed E-state index contributed by atoms with van der Waals surface area (Å²) < 4.78 is 11.3. The van der Waals surface area contributed by atoms with Crippen molar-refractivity contribution in [2.75, 3.05) is 39.2 Å². The Morgan fingerprint density at radius 1 is 1.31 bits per heavy atom. The van der Waals surface area contributed by atoms with Gasteiger partial charge in [0, 0.05) is 37.0 Å². The summed E-state index contributed by atoms with van der Waals surface area (Å²) in [6, 6.07) is 7.61. The van der Waals surface area contributed by atoms with Crippen LogP contribution in [0.5, 0.6) is 11.5 Å². The number of pyridine rings is 1. The number of para-hydroxylation sites is 1. The van der Waals surface area contributed by atoms with Crippen LogP contribution in [0.2, 0.25) is 5.02 Å². The van der Waals surface area contributed by atoms with E-state index in [1.165, 1.54) is 0 Å². The third-order valence-electron chi connectivity index (χ3n) is 4.10. The maximum Gasteiger partial charge on any atom is 0.160 e. The van der Waals surface area contributed by atoms with E-state index >= 15 is 0 Å². The van der Waals surface area contributed by atoms with Gasteiger partial charge in [0.05, 0.1) is 29.7 Å². The summed E-state index contributed by atoms with van der Waals surface area (Å²) >= 11 is 6.23. The Kier molecular flexibility index (Phi) is 6.20. The molecule has 1 aromatic carbocycles. The summed E-state index contributed by atoms with van der Waals surface area (Å²) in [6.45, 7) is 2.19. The van der Waals surface area contributed by atoms with Gasteiger partial charge in [-0.15, -0.1) is 0 Å². The maximum atomic E-state index is 6.23. The van der Waals surface area contributed by atoms with Crippen LogP contribution in [0.4, 0.5) is 5.69 Å². The number of ether oxygens (including phenoxy) is 2. The van der Waals surface area contributed by atoms with Crippen LogP contribution in [0.25, 0.3) is 5.70 Å². The van der Waals surface area contributed by atoms with E-state index in [4.69, 9.17) is 21.1 Å². The summed E-state index contributed by atoms with van der Waals surface area (Å²) in [4.78, 5) is 4.19. The number of benzene rings is 1. The van der Waals surface area contributed by atoms with Crippen LogP contribution in [0.15, 0.2) is 42.4 Å². The zero-order chi connectivity index (χ0) is 18.4. The van der Waals surface area contributed by atoms with Crippen molar-refractivity contribution in [1.82, 2.24) is 15.6 Å². The highest BCUT2D eigenvalue weighted by Gasteiger charge is 2.20. The minimum atomic E-state index is 0.575. The van der Waals surface area contributed by atoms with Crippen molar-refractivity contribution in [3.8, 4) is 11.5 Å². The molecule has 6 nitrogen and oxygen atoms in total. The number of nitrogens with zero attached hydrogens (tertiary/aromatic N) is 1. The van der Waals surface area contributed by atoms with Gasteiger partial charge in [-0.2, -0.15) is 0 Å².